The lowest BCUT2D eigenvalue weighted by Crippen LogP contribution is -2.44. The molecule has 0 aromatic heterocycles. The summed E-state index contributed by atoms with van der Waals surface area (Å²) in [5.74, 6) is -0.394. The molecule has 4 amide bonds. The third kappa shape index (κ3) is 4.35. The summed E-state index contributed by atoms with van der Waals surface area (Å²) >= 11 is 0. The van der Waals surface area contributed by atoms with Crippen LogP contribution in [0.25, 0.3) is 0 Å². The Morgan fingerprint density at radius 3 is 2.50 bits per heavy atom. The minimum absolute atomic E-state index is 0.261. The van der Waals surface area contributed by atoms with Crippen LogP contribution >= 0.6 is 0 Å². The summed E-state index contributed by atoms with van der Waals surface area (Å²) in [5, 5.41) is 5.59. The first-order chi connectivity index (χ1) is 13.3. The van der Waals surface area contributed by atoms with Crippen LogP contribution in [0.3, 0.4) is 0 Å². The minimum Gasteiger partial charge on any atom is -0.354 e. The van der Waals surface area contributed by atoms with Gasteiger partial charge in [0.1, 0.15) is 12.1 Å². The van der Waals surface area contributed by atoms with Gasteiger partial charge in [-0.1, -0.05) is 36.8 Å². The van der Waals surface area contributed by atoms with Crippen LogP contribution in [-0.4, -0.2) is 60.4 Å². The first-order valence-electron chi connectivity index (χ1n) is 10.00. The lowest BCUT2D eigenvalue weighted by atomic mass is 9.91. The largest absolute Gasteiger partial charge is 0.354 e. The number of rotatable bonds is 7. The van der Waals surface area contributed by atoms with Gasteiger partial charge in [0.15, 0.2) is 0 Å². The van der Waals surface area contributed by atoms with Crippen LogP contribution in [0.1, 0.15) is 37.8 Å². The molecule has 0 aliphatic carbocycles. The maximum atomic E-state index is 12.9. The van der Waals surface area contributed by atoms with Crippen molar-refractivity contribution < 1.29 is 14.4 Å². The Morgan fingerprint density at radius 1 is 1.21 bits per heavy atom. The van der Waals surface area contributed by atoms with Crippen LogP contribution in [0.5, 0.6) is 0 Å². The molecule has 2 heterocycles. The molecule has 2 aliphatic heterocycles. The van der Waals surface area contributed by atoms with Gasteiger partial charge in [0.05, 0.1) is 0 Å². The monoisotopic (exact) mass is 386 g/mol. The van der Waals surface area contributed by atoms with Crippen LogP contribution < -0.4 is 10.6 Å². The molecular formula is C21H30N4O3. The standard InChI is InChI=1S/C21H30N4O3/c1-15-6-8-17(9-7-15)21(3)19(27)25(20(28)23-21)14-18(26)22-12-16(2)13-24-10-4-5-11-24/h6-9,16H,4-5,10-14H2,1-3H3,(H,22,26)(H,23,28). The van der Waals surface area contributed by atoms with Gasteiger partial charge in [-0.2, -0.15) is 0 Å². The highest BCUT2D eigenvalue weighted by molar-refractivity contribution is 6.09. The Balaban J connectivity index is 1.54. The number of urea groups is 1. The molecule has 0 radical (unpaired) electrons. The van der Waals surface area contributed by atoms with Crippen molar-refractivity contribution in [2.45, 2.75) is 39.2 Å². The van der Waals surface area contributed by atoms with Crippen molar-refractivity contribution in [2.75, 3.05) is 32.7 Å². The fourth-order valence-electron chi connectivity index (χ4n) is 3.88. The SMILES string of the molecule is Cc1ccc(C2(C)NC(=O)N(CC(=O)NCC(C)CN3CCCC3)C2=O)cc1. The van der Waals surface area contributed by atoms with Crippen molar-refractivity contribution in [3.05, 3.63) is 35.4 Å². The molecule has 0 spiro atoms. The Morgan fingerprint density at radius 2 is 1.86 bits per heavy atom. The van der Waals surface area contributed by atoms with Crippen LogP contribution in [0.2, 0.25) is 0 Å². The highest BCUT2D eigenvalue weighted by atomic mass is 16.2. The topological polar surface area (TPSA) is 81.8 Å². The van der Waals surface area contributed by atoms with Crippen molar-refractivity contribution in [3.63, 3.8) is 0 Å². The molecule has 152 valence electrons. The highest BCUT2D eigenvalue weighted by Crippen LogP contribution is 2.28. The first kappa shape index (κ1) is 20.3. The number of benzene rings is 1. The normalized spacial score (nSPS) is 23.8. The number of carbonyl (C=O) groups excluding carboxylic acids is 3. The molecule has 2 atom stereocenters. The zero-order valence-electron chi connectivity index (χ0n) is 17.0. The van der Waals surface area contributed by atoms with E-state index in [1.54, 1.807) is 6.92 Å². The molecule has 2 saturated heterocycles. The molecular weight excluding hydrogens is 356 g/mol. The molecule has 7 nitrogen and oxygen atoms in total. The van der Waals surface area contributed by atoms with E-state index in [2.05, 4.69) is 22.5 Å². The zero-order valence-corrected chi connectivity index (χ0v) is 17.0. The average molecular weight is 386 g/mol. The summed E-state index contributed by atoms with van der Waals surface area (Å²) in [6, 6.07) is 6.93. The van der Waals surface area contributed by atoms with E-state index in [-0.39, 0.29) is 12.5 Å². The molecule has 1 aromatic rings. The van der Waals surface area contributed by atoms with Gasteiger partial charge in [0.25, 0.3) is 5.91 Å². The van der Waals surface area contributed by atoms with Gasteiger partial charge < -0.3 is 15.5 Å². The smallest absolute Gasteiger partial charge is 0.325 e. The second-order valence-corrected chi connectivity index (χ2v) is 8.23. The van der Waals surface area contributed by atoms with E-state index in [0.717, 1.165) is 30.1 Å². The summed E-state index contributed by atoms with van der Waals surface area (Å²) in [5.41, 5.74) is 0.635. The molecule has 7 heteroatoms. The molecule has 28 heavy (non-hydrogen) atoms. The van der Waals surface area contributed by atoms with Crippen LogP contribution in [0.4, 0.5) is 4.79 Å². The summed E-state index contributed by atoms with van der Waals surface area (Å²) < 4.78 is 0. The second kappa shape index (κ2) is 8.31. The highest BCUT2D eigenvalue weighted by Gasteiger charge is 2.49. The van der Waals surface area contributed by atoms with Gasteiger partial charge in [-0.05, 0) is 51.3 Å². The molecule has 2 N–H and O–H groups in total. The first-order valence-corrected chi connectivity index (χ1v) is 10.00. The molecule has 2 aliphatic rings. The summed E-state index contributed by atoms with van der Waals surface area (Å²) in [4.78, 5) is 41.0. The number of likely N-dealkylation sites (tertiary alicyclic amines) is 1. The van der Waals surface area contributed by atoms with Crippen molar-refractivity contribution in [1.82, 2.24) is 20.4 Å². The Kier molecular flexibility index (Phi) is 6.03. The van der Waals surface area contributed by atoms with Crippen molar-refractivity contribution in [1.29, 1.82) is 0 Å². The summed E-state index contributed by atoms with van der Waals surface area (Å²) in [6.07, 6.45) is 2.48. The number of nitrogens with one attached hydrogen (secondary N) is 2. The second-order valence-electron chi connectivity index (χ2n) is 8.23. The van der Waals surface area contributed by atoms with Crippen LogP contribution in [0, 0.1) is 12.8 Å². The molecule has 0 bridgehead atoms. The summed E-state index contributed by atoms with van der Waals surface area (Å²) in [7, 11) is 0. The van der Waals surface area contributed by atoms with Crippen LogP contribution in [0.15, 0.2) is 24.3 Å². The number of amides is 4. The molecule has 2 fully saturated rings. The number of nitrogens with zero attached hydrogens (tertiary/aromatic N) is 2. The minimum atomic E-state index is -1.14. The predicted molar refractivity (Wildman–Crippen MR) is 107 cm³/mol. The van der Waals surface area contributed by atoms with E-state index in [1.807, 2.05) is 31.2 Å². The number of aryl methyl sites for hydroxylation is 1. The Bertz CT molecular complexity index is 743. The lowest BCUT2D eigenvalue weighted by Gasteiger charge is -2.23. The third-order valence-corrected chi connectivity index (χ3v) is 5.62. The van der Waals surface area contributed by atoms with Crippen LogP contribution in [-0.2, 0) is 15.1 Å². The van der Waals surface area contributed by atoms with E-state index in [4.69, 9.17) is 0 Å². The maximum Gasteiger partial charge on any atom is 0.325 e. The maximum absolute atomic E-state index is 12.9. The number of hydrogen-bond acceptors (Lipinski definition) is 4. The fourth-order valence-corrected chi connectivity index (χ4v) is 3.88. The van der Waals surface area contributed by atoms with Gasteiger partial charge >= 0.3 is 6.03 Å². The van der Waals surface area contributed by atoms with Crippen molar-refractivity contribution in [2.24, 2.45) is 5.92 Å². The van der Waals surface area contributed by atoms with E-state index in [0.29, 0.717) is 18.0 Å². The number of imide groups is 1. The number of carbonyl (C=O) groups is 3. The molecule has 1 aromatic carbocycles. The van der Waals surface area contributed by atoms with E-state index in [1.165, 1.54) is 12.8 Å². The van der Waals surface area contributed by atoms with Gasteiger partial charge in [-0.3, -0.25) is 14.5 Å². The van der Waals surface area contributed by atoms with Gasteiger partial charge in [-0.25, -0.2) is 4.79 Å². The van der Waals surface area contributed by atoms with Gasteiger partial charge in [-0.15, -0.1) is 0 Å². The summed E-state index contributed by atoms with van der Waals surface area (Å²) in [6.45, 7) is 9.21. The predicted octanol–water partition coefficient (Wildman–Crippen LogP) is 1.61. The molecule has 3 rings (SSSR count). The number of hydrogen-bond donors (Lipinski definition) is 2. The van der Waals surface area contributed by atoms with Gasteiger partial charge in [0.2, 0.25) is 5.91 Å². The van der Waals surface area contributed by atoms with Gasteiger partial charge in [0, 0.05) is 13.1 Å². The van der Waals surface area contributed by atoms with Crippen molar-refractivity contribution in [3.8, 4) is 0 Å². The Labute approximate surface area is 166 Å². The Hall–Kier alpha value is -2.41. The zero-order chi connectivity index (χ0) is 20.3. The fraction of sp³-hybridized carbons (Fsp3) is 0.571. The molecule has 0 saturated carbocycles. The van der Waals surface area contributed by atoms with E-state index < -0.39 is 17.5 Å². The third-order valence-electron chi connectivity index (χ3n) is 5.62. The van der Waals surface area contributed by atoms with E-state index >= 15 is 0 Å². The molecule has 2 unspecified atom stereocenters. The lowest BCUT2D eigenvalue weighted by molar-refractivity contribution is -0.134. The average Bonchev–Trinajstić information content (AvgIpc) is 3.23. The van der Waals surface area contributed by atoms with Crippen molar-refractivity contribution >= 4 is 17.8 Å². The van der Waals surface area contributed by atoms with E-state index in [9.17, 15) is 14.4 Å². The quantitative estimate of drug-likeness (QED) is 0.698.